The summed E-state index contributed by atoms with van der Waals surface area (Å²) in [5, 5.41) is 3.81. The van der Waals surface area contributed by atoms with Crippen molar-refractivity contribution < 1.29 is 4.79 Å². The Morgan fingerprint density at radius 1 is 1.15 bits per heavy atom. The Morgan fingerprint density at radius 3 is 2.50 bits per heavy atom. The SMILES string of the molecule is CC(=O)N(c1ccc(C)cc1)c1nc(CN(C)Cc2cnc(C)s2)cs1. The monoisotopic (exact) mass is 386 g/mol. The lowest BCUT2D eigenvalue weighted by atomic mass is 10.2. The number of thiazole rings is 2. The second kappa shape index (κ2) is 8.07. The number of aromatic nitrogens is 2. The Labute approximate surface area is 162 Å². The summed E-state index contributed by atoms with van der Waals surface area (Å²) in [6, 6.07) is 7.92. The van der Waals surface area contributed by atoms with Crippen LogP contribution in [0.3, 0.4) is 0 Å². The fourth-order valence-electron chi connectivity index (χ4n) is 2.67. The molecule has 2 aromatic heterocycles. The molecule has 0 saturated heterocycles. The summed E-state index contributed by atoms with van der Waals surface area (Å²) in [5.74, 6) is -0.0387. The highest BCUT2D eigenvalue weighted by atomic mass is 32.1. The molecule has 0 atom stereocenters. The van der Waals surface area contributed by atoms with Gasteiger partial charge in [-0.25, -0.2) is 9.97 Å². The van der Waals surface area contributed by atoms with Gasteiger partial charge in [-0.15, -0.1) is 22.7 Å². The van der Waals surface area contributed by atoms with Gasteiger partial charge in [0.25, 0.3) is 0 Å². The molecular weight excluding hydrogens is 364 g/mol. The van der Waals surface area contributed by atoms with Crippen LogP contribution < -0.4 is 4.90 Å². The van der Waals surface area contributed by atoms with Crippen molar-refractivity contribution in [3.8, 4) is 0 Å². The molecule has 0 bridgehead atoms. The van der Waals surface area contributed by atoms with E-state index in [0.29, 0.717) is 5.13 Å². The minimum atomic E-state index is -0.0387. The average molecular weight is 387 g/mol. The van der Waals surface area contributed by atoms with Crippen molar-refractivity contribution >= 4 is 39.4 Å². The number of hydrogen-bond donors (Lipinski definition) is 0. The minimum Gasteiger partial charge on any atom is -0.295 e. The summed E-state index contributed by atoms with van der Waals surface area (Å²) in [4.78, 5) is 26.3. The maximum Gasteiger partial charge on any atom is 0.230 e. The third kappa shape index (κ3) is 4.55. The van der Waals surface area contributed by atoms with E-state index >= 15 is 0 Å². The highest BCUT2D eigenvalue weighted by Crippen LogP contribution is 2.29. The van der Waals surface area contributed by atoms with Gasteiger partial charge in [0.2, 0.25) is 5.91 Å². The fourth-order valence-corrected chi connectivity index (χ4v) is 4.42. The van der Waals surface area contributed by atoms with E-state index in [-0.39, 0.29) is 5.91 Å². The lowest BCUT2D eigenvalue weighted by Crippen LogP contribution is -2.23. The molecule has 1 aromatic carbocycles. The van der Waals surface area contributed by atoms with E-state index in [1.165, 1.54) is 16.2 Å². The molecule has 0 saturated carbocycles. The van der Waals surface area contributed by atoms with Crippen molar-refractivity contribution in [3.63, 3.8) is 0 Å². The number of anilines is 2. The summed E-state index contributed by atoms with van der Waals surface area (Å²) in [5.41, 5.74) is 2.97. The van der Waals surface area contributed by atoms with Gasteiger partial charge in [-0.3, -0.25) is 14.6 Å². The van der Waals surface area contributed by atoms with Crippen LogP contribution in [-0.2, 0) is 17.9 Å². The Bertz CT molecular complexity index is 885. The highest BCUT2D eigenvalue weighted by molar-refractivity contribution is 7.14. The van der Waals surface area contributed by atoms with Gasteiger partial charge in [0.1, 0.15) is 0 Å². The topological polar surface area (TPSA) is 49.3 Å². The van der Waals surface area contributed by atoms with Crippen LogP contribution in [0, 0.1) is 13.8 Å². The van der Waals surface area contributed by atoms with Crippen LogP contribution in [-0.4, -0.2) is 27.8 Å². The number of benzene rings is 1. The quantitative estimate of drug-likeness (QED) is 0.624. The van der Waals surface area contributed by atoms with Crippen LogP contribution in [0.1, 0.15) is 28.1 Å². The van der Waals surface area contributed by atoms with Crippen LogP contribution in [0.5, 0.6) is 0 Å². The zero-order valence-corrected chi connectivity index (χ0v) is 17.0. The summed E-state index contributed by atoms with van der Waals surface area (Å²) in [7, 11) is 2.07. The van der Waals surface area contributed by atoms with E-state index < -0.39 is 0 Å². The van der Waals surface area contributed by atoms with Crippen molar-refractivity contribution in [2.24, 2.45) is 0 Å². The average Bonchev–Trinajstić information content (AvgIpc) is 3.18. The smallest absolute Gasteiger partial charge is 0.230 e. The van der Waals surface area contributed by atoms with Gasteiger partial charge in [0.05, 0.1) is 16.4 Å². The summed E-state index contributed by atoms with van der Waals surface area (Å²) in [6.45, 7) is 7.19. The normalized spacial score (nSPS) is 11.1. The molecule has 3 aromatic rings. The van der Waals surface area contributed by atoms with Crippen LogP contribution in [0.15, 0.2) is 35.8 Å². The van der Waals surface area contributed by atoms with E-state index in [0.717, 1.165) is 35.0 Å². The lowest BCUT2D eigenvalue weighted by molar-refractivity contribution is -0.115. The number of amides is 1. The molecule has 7 heteroatoms. The van der Waals surface area contributed by atoms with Gasteiger partial charge in [-0.2, -0.15) is 0 Å². The fraction of sp³-hybridized carbons (Fsp3) is 0.316. The first-order chi connectivity index (χ1) is 12.4. The van der Waals surface area contributed by atoms with Gasteiger partial charge < -0.3 is 0 Å². The second-order valence-electron chi connectivity index (χ2n) is 6.33. The Kier molecular flexibility index (Phi) is 5.80. The van der Waals surface area contributed by atoms with Gasteiger partial charge in [0, 0.05) is 36.5 Å². The van der Waals surface area contributed by atoms with Crippen molar-refractivity contribution in [2.45, 2.75) is 33.9 Å². The lowest BCUT2D eigenvalue weighted by Gasteiger charge is -2.18. The van der Waals surface area contributed by atoms with E-state index in [1.54, 1.807) is 23.2 Å². The largest absolute Gasteiger partial charge is 0.295 e. The zero-order valence-electron chi connectivity index (χ0n) is 15.4. The van der Waals surface area contributed by atoms with E-state index in [9.17, 15) is 4.79 Å². The first kappa shape index (κ1) is 18.7. The van der Waals surface area contributed by atoms with E-state index in [1.807, 2.05) is 49.7 Å². The molecule has 1 amide bonds. The number of rotatable bonds is 6. The molecule has 136 valence electrons. The first-order valence-electron chi connectivity index (χ1n) is 8.34. The summed E-state index contributed by atoms with van der Waals surface area (Å²) >= 11 is 3.21. The molecular formula is C19H22N4OS2. The third-order valence-corrected chi connectivity index (χ3v) is 5.64. The van der Waals surface area contributed by atoms with E-state index in [2.05, 4.69) is 21.9 Å². The Morgan fingerprint density at radius 2 is 1.88 bits per heavy atom. The second-order valence-corrected chi connectivity index (χ2v) is 8.49. The minimum absolute atomic E-state index is 0.0387. The molecule has 3 rings (SSSR count). The third-order valence-electron chi connectivity index (χ3n) is 3.86. The molecule has 0 N–H and O–H groups in total. The van der Waals surface area contributed by atoms with Gasteiger partial charge in [0.15, 0.2) is 5.13 Å². The zero-order chi connectivity index (χ0) is 18.7. The molecule has 0 unspecified atom stereocenters. The number of hydrogen-bond acceptors (Lipinski definition) is 6. The molecule has 2 heterocycles. The standard InChI is InChI=1S/C19H22N4OS2/c1-13-5-7-17(8-6-13)23(15(3)24)19-21-16(12-25-19)10-22(4)11-18-9-20-14(2)26-18/h5-9,12H,10-11H2,1-4H3. The van der Waals surface area contributed by atoms with Crippen molar-refractivity contribution in [1.29, 1.82) is 0 Å². The molecule has 0 aliphatic carbocycles. The molecule has 0 aliphatic rings. The van der Waals surface area contributed by atoms with Crippen LogP contribution in [0.2, 0.25) is 0 Å². The molecule has 0 radical (unpaired) electrons. The highest BCUT2D eigenvalue weighted by Gasteiger charge is 2.18. The first-order valence-corrected chi connectivity index (χ1v) is 10.0. The summed E-state index contributed by atoms with van der Waals surface area (Å²) in [6.07, 6.45) is 1.93. The summed E-state index contributed by atoms with van der Waals surface area (Å²) < 4.78 is 0. The maximum absolute atomic E-state index is 12.2. The van der Waals surface area contributed by atoms with Crippen molar-refractivity contribution in [2.75, 3.05) is 11.9 Å². The van der Waals surface area contributed by atoms with Gasteiger partial charge in [-0.05, 0) is 33.0 Å². The Balaban J connectivity index is 1.72. The van der Waals surface area contributed by atoms with Gasteiger partial charge >= 0.3 is 0 Å². The van der Waals surface area contributed by atoms with Crippen molar-refractivity contribution in [1.82, 2.24) is 14.9 Å². The van der Waals surface area contributed by atoms with Crippen LogP contribution >= 0.6 is 22.7 Å². The maximum atomic E-state index is 12.2. The van der Waals surface area contributed by atoms with E-state index in [4.69, 9.17) is 0 Å². The Hall–Kier alpha value is -2.09. The predicted molar refractivity (Wildman–Crippen MR) is 108 cm³/mol. The van der Waals surface area contributed by atoms with Crippen molar-refractivity contribution in [3.05, 3.63) is 57.0 Å². The number of aryl methyl sites for hydroxylation is 2. The number of nitrogens with zero attached hydrogens (tertiary/aromatic N) is 4. The molecule has 0 spiro atoms. The molecule has 0 fully saturated rings. The van der Waals surface area contributed by atoms with Gasteiger partial charge in [-0.1, -0.05) is 17.7 Å². The molecule has 0 aliphatic heterocycles. The molecule has 26 heavy (non-hydrogen) atoms. The predicted octanol–water partition coefficient (Wildman–Crippen LogP) is 4.53. The number of carbonyl (C=O) groups excluding carboxylic acids is 1. The van der Waals surface area contributed by atoms with Crippen LogP contribution in [0.4, 0.5) is 10.8 Å². The molecule has 5 nitrogen and oxygen atoms in total. The van der Waals surface area contributed by atoms with Crippen LogP contribution in [0.25, 0.3) is 0 Å². The number of carbonyl (C=O) groups is 1.